The quantitative estimate of drug-likeness (QED) is 0.793. The summed E-state index contributed by atoms with van der Waals surface area (Å²) in [6.07, 6.45) is 9.15. The Hall–Kier alpha value is -2.83. The van der Waals surface area contributed by atoms with E-state index in [2.05, 4.69) is 20.2 Å². The third-order valence-electron chi connectivity index (χ3n) is 4.71. The molecule has 1 amide bonds. The van der Waals surface area contributed by atoms with Crippen molar-refractivity contribution >= 4 is 17.4 Å². The first-order valence-electron chi connectivity index (χ1n) is 8.52. The maximum absolute atomic E-state index is 12.4. The first-order valence-corrected chi connectivity index (χ1v) is 8.52. The SMILES string of the molecule is Cc1cc(C(=O)NC2CCN(c3nccn4ccnc34)CC2)c(C)o1. The van der Waals surface area contributed by atoms with Crippen molar-refractivity contribution in [2.75, 3.05) is 18.0 Å². The summed E-state index contributed by atoms with van der Waals surface area (Å²) in [5, 5.41) is 3.13. The molecule has 1 aliphatic rings. The number of aryl methyl sites for hydroxylation is 2. The van der Waals surface area contributed by atoms with Crippen LogP contribution in [0.15, 0.2) is 35.3 Å². The molecule has 0 aromatic carbocycles. The van der Waals surface area contributed by atoms with E-state index >= 15 is 0 Å². The van der Waals surface area contributed by atoms with Crippen molar-refractivity contribution in [3.05, 3.63) is 47.9 Å². The van der Waals surface area contributed by atoms with Gasteiger partial charge in [0.05, 0.1) is 5.56 Å². The molecule has 3 aromatic heterocycles. The average Bonchev–Trinajstić information content (AvgIpc) is 3.21. The topological polar surface area (TPSA) is 75.7 Å². The molecule has 1 fully saturated rings. The second kappa shape index (κ2) is 6.23. The van der Waals surface area contributed by atoms with Crippen LogP contribution in [0.2, 0.25) is 0 Å². The molecule has 0 bridgehead atoms. The summed E-state index contributed by atoms with van der Waals surface area (Å²) in [5.74, 6) is 2.28. The first kappa shape index (κ1) is 15.7. The van der Waals surface area contributed by atoms with Crippen LogP contribution >= 0.6 is 0 Å². The van der Waals surface area contributed by atoms with Crippen LogP contribution in [0.4, 0.5) is 5.82 Å². The fraction of sp³-hybridized carbons (Fsp3) is 0.389. The molecule has 0 aliphatic carbocycles. The second-order valence-electron chi connectivity index (χ2n) is 6.47. The molecule has 1 saturated heterocycles. The number of rotatable bonds is 3. The molecule has 7 nitrogen and oxygen atoms in total. The predicted molar refractivity (Wildman–Crippen MR) is 93.9 cm³/mol. The highest BCUT2D eigenvalue weighted by molar-refractivity contribution is 5.95. The van der Waals surface area contributed by atoms with E-state index in [1.54, 1.807) is 18.5 Å². The van der Waals surface area contributed by atoms with Gasteiger partial charge in [0.2, 0.25) is 0 Å². The number of nitrogens with one attached hydrogen (secondary N) is 1. The Morgan fingerprint density at radius 2 is 1.92 bits per heavy atom. The summed E-state index contributed by atoms with van der Waals surface area (Å²) in [4.78, 5) is 23.5. The van der Waals surface area contributed by atoms with Crippen molar-refractivity contribution in [2.45, 2.75) is 32.7 Å². The smallest absolute Gasteiger partial charge is 0.255 e. The average molecular weight is 339 g/mol. The monoisotopic (exact) mass is 339 g/mol. The lowest BCUT2D eigenvalue weighted by molar-refractivity contribution is 0.0929. The van der Waals surface area contributed by atoms with Gasteiger partial charge >= 0.3 is 0 Å². The van der Waals surface area contributed by atoms with Crippen LogP contribution in [0.25, 0.3) is 5.65 Å². The van der Waals surface area contributed by atoms with Crippen LogP contribution in [-0.2, 0) is 0 Å². The molecule has 4 heterocycles. The number of amides is 1. The van der Waals surface area contributed by atoms with E-state index in [-0.39, 0.29) is 11.9 Å². The van der Waals surface area contributed by atoms with Gasteiger partial charge < -0.3 is 19.0 Å². The third-order valence-corrected chi connectivity index (χ3v) is 4.71. The number of piperidine rings is 1. The molecule has 0 radical (unpaired) electrons. The number of nitrogens with zero attached hydrogens (tertiary/aromatic N) is 4. The first-order chi connectivity index (χ1) is 12.1. The Labute approximate surface area is 145 Å². The highest BCUT2D eigenvalue weighted by Crippen LogP contribution is 2.22. The lowest BCUT2D eigenvalue weighted by Gasteiger charge is -2.33. The van der Waals surface area contributed by atoms with E-state index < -0.39 is 0 Å². The zero-order chi connectivity index (χ0) is 17.4. The normalized spacial score (nSPS) is 15.7. The van der Waals surface area contributed by atoms with Crippen LogP contribution in [0.3, 0.4) is 0 Å². The van der Waals surface area contributed by atoms with Gasteiger partial charge in [0.25, 0.3) is 5.91 Å². The Kier molecular flexibility index (Phi) is 3.91. The molecule has 0 atom stereocenters. The summed E-state index contributed by atoms with van der Waals surface area (Å²) in [7, 11) is 0. The summed E-state index contributed by atoms with van der Waals surface area (Å²) >= 11 is 0. The van der Waals surface area contributed by atoms with Gasteiger partial charge in [-0.25, -0.2) is 9.97 Å². The van der Waals surface area contributed by atoms with Crippen molar-refractivity contribution in [3.8, 4) is 0 Å². The van der Waals surface area contributed by atoms with Crippen LogP contribution in [0.5, 0.6) is 0 Å². The summed E-state index contributed by atoms with van der Waals surface area (Å²) < 4.78 is 7.42. The molecule has 7 heteroatoms. The van der Waals surface area contributed by atoms with Gasteiger partial charge in [-0.3, -0.25) is 4.79 Å². The van der Waals surface area contributed by atoms with E-state index in [1.165, 1.54) is 0 Å². The second-order valence-corrected chi connectivity index (χ2v) is 6.47. The maximum Gasteiger partial charge on any atom is 0.255 e. The molecule has 130 valence electrons. The fourth-order valence-corrected chi connectivity index (χ4v) is 3.42. The Balaban J connectivity index is 1.41. The van der Waals surface area contributed by atoms with Gasteiger partial charge in [0.1, 0.15) is 11.5 Å². The molecule has 4 rings (SSSR count). The lowest BCUT2D eigenvalue weighted by Crippen LogP contribution is -2.45. The molecular weight excluding hydrogens is 318 g/mol. The summed E-state index contributed by atoms with van der Waals surface area (Å²) in [6, 6.07) is 1.96. The maximum atomic E-state index is 12.4. The van der Waals surface area contributed by atoms with E-state index in [0.717, 1.165) is 43.2 Å². The van der Waals surface area contributed by atoms with Gasteiger partial charge in [0, 0.05) is 43.9 Å². The number of aromatic nitrogens is 3. The van der Waals surface area contributed by atoms with Crippen molar-refractivity contribution in [3.63, 3.8) is 0 Å². The largest absolute Gasteiger partial charge is 0.466 e. The number of fused-ring (bicyclic) bond motifs is 1. The van der Waals surface area contributed by atoms with Gasteiger partial charge in [-0.15, -0.1) is 0 Å². The van der Waals surface area contributed by atoms with E-state index in [4.69, 9.17) is 4.42 Å². The molecular formula is C18H21N5O2. The molecule has 0 unspecified atom stereocenters. The van der Waals surface area contributed by atoms with E-state index in [1.807, 2.05) is 30.6 Å². The van der Waals surface area contributed by atoms with Gasteiger partial charge in [-0.05, 0) is 32.8 Å². The minimum absolute atomic E-state index is 0.0544. The van der Waals surface area contributed by atoms with Gasteiger partial charge in [-0.1, -0.05) is 0 Å². The number of anilines is 1. The van der Waals surface area contributed by atoms with Crippen molar-refractivity contribution in [2.24, 2.45) is 0 Å². The number of furan rings is 1. The summed E-state index contributed by atoms with van der Waals surface area (Å²) in [5.41, 5.74) is 1.50. The van der Waals surface area contributed by atoms with Crippen LogP contribution in [0.1, 0.15) is 34.7 Å². The third kappa shape index (κ3) is 2.97. The number of imidazole rings is 1. The van der Waals surface area contributed by atoms with Gasteiger partial charge in [-0.2, -0.15) is 0 Å². The molecule has 25 heavy (non-hydrogen) atoms. The highest BCUT2D eigenvalue weighted by Gasteiger charge is 2.24. The number of hydrogen-bond donors (Lipinski definition) is 1. The summed E-state index contributed by atoms with van der Waals surface area (Å²) in [6.45, 7) is 5.36. The molecule has 0 saturated carbocycles. The molecule has 0 spiro atoms. The standard InChI is InChI=1S/C18H21N5O2/c1-12-11-15(13(2)25-12)18(24)21-14-3-7-22(8-4-14)16-17-20-6-10-23(17)9-5-19-16/h5-6,9-11,14H,3-4,7-8H2,1-2H3,(H,21,24). The number of carbonyl (C=O) groups excluding carboxylic acids is 1. The van der Waals surface area contributed by atoms with E-state index in [9.17, 15) is 4.79 Å². The van der Waals surface area contributed by atoms with Crippen molar-refractivity contribution < 1.29 is 9.21 Å². The Morgan fingerprint density at radius 1 is 1.20 bits per heavy atom. The molecule has 3 aromatic rings. The molecule has 1 aliphatic heterocycles. The zero-order valence-electron chi connectivity index (χ0n) is 14.4. The minimum atomic E-state index is -0.0544. The lowest BCUT2D eigenvalue weighted by atomic mass is 10.0. The van der Waals surface area contributed by atoms with Crippen LogP contribution < -0.4 is 10.2 Å². The highest BCUT2D eigenvalue weighted by atomic mass is 16.3. The Bertz CT molecular complexity index is 905. The minimum Gasteiger partial charge on any atom is -0.466 e. The predicted octanol–water partition coefficient (Wildman–Crippen LogP) is 2.34. The van der Waals surface area contributed by atoms with E-state index in [0.29, 0.717) is 11.3 Å². The van der Waals surface area contributed by atoms with Crippen molar-refractivity contribution in [1.29, 1.82) is 0 Å². The fourth-order valence-electron chi connectivity index (χ4n) is 3.42. The van der Waals surface area contributed by atoms with Crippen LogP contribution in [0, 0.1) is 13.8 Å². The van der Waals surface area contributed by atoms with Crippen LogP contribution in [-0.4, -0.2) is 39.4 Å². The number of hydrogen-bond acceptors (Lipinski definition) is 5. The number of carbonyl (C=O) groups is 1. The molecule has 1 N–H and O–H groups in total. The zero-order valence-corrected chi connectivity index (χ0v) is 14.4. The van der Waals surface area contributed by atoms with Crippen molar-refractivity contribution in [1.82, 2.24) is 19.7 Å². The Morgan fingerprint density at radius 3 is 2.60 bits per heavy atom. The van der Waals surface area contributed by atoms with Gasteiger partial charge in [0.15, 0.2) is 11.5 Å².